The third-order valence-electron chi connectivity index (χ3n) is 6.62. The van der Waals surface area contributed by atoms with Gasteiger partial charge in [-0.15, -0.1) is 0 Å². The summed E-state index contributed by atoms with van der Waals surface area (Å²) in [5, 5.41) is 3.33. The first-order valence-corrected chi connectivity index (χ1v) is 13.9. The molecule has 2 heterocycles. The molecule has 188 valence electrons. The van der Waals surface area contributed by atoms with E-state index in [1.54, 1.807) is 6.07 Å². The van der Waals surface area contributed by atoms with Gasteiger partial charge in [0.25, 0.3) is 5.91 Å². The molecule has 1 fully saturated rings. The number of piperidine rings is 1. The maximum Gasteiger partial charge on any atom is 0.252 e. The summed E-state index contributed by atoms with van der Waals surface area (Å²) in [7, 11) is -3.70. The average Bonchev–Trinajstić information content (AvgIpc) is 2.82. The van der Waals surface area contributed by atoms with Gasteiger partial charge in [-0.2, -0.15) is 4.31 Å². The van der Waals surface area contributed by atoms with Gasteiger partial charge >= 0.3 is 0 Å². The molecule has 1 aliphatic heterocycles. The molecule has 8 nitrogen and oxygen atoms in total. The molecule has 1 amide bonds. The molecule has 0 unspecified atom stereocenters. The predicted molar refractivity (Wildman–Crippen MR) is 136 cm³/mol. The molecule has 2 aromatic rings. The molecule has 1 aliphatic rings. The molecule has 34 heavy (non-hydrogen) atoms. The van der Waals surface area contributed by atoms with Crippen LogP contribution in [0.4, 0.5) is 0 Å². The maximum absolute atomic E-state index is 13.2. The summed E-state index contributed by atoms with van der Waals surface area (Å²) < 4.78 is 27.8. The summed E-state index contributed by atoms with van der Waals surface area (Å²) in [5.74, 6) is 0.418. The van der Waals surface area contributed by atoms with E-state index >= 15 is 0 Å². The highest BCUT2D eigenvalue weighted by Crippen LogP contribution is 2.23. The molecule has 0 aliphatic carbocycles. The summed E-state index contributed by atoms with van der Waals surface area (Å²) in [6, 6.07) is 5.79. The first-order valence-electron chi connectivity index (χ1n) is 12.4. The third-order valence-corrected chi connectivity index (χ3v) is 8.59. The van der Waals surface area contributed by atoms with Crippen molar-refractivity contribution in [3.8, 4) is 0 Å². The lowest BCUT2D eigenvalue weighted by Gasteiger charge is -2.30. The largest absolute Gasteiger partial charge is 0.352 e. The number of unbranched alkanes of at least 4 members (excludes halogenated alkanes) is 1. The molecule has 1 aromatic heterocycles. The number of carbonyl (C=O) groups is 1. The first kappa shape index (κ1) is 26.4. The Hall–Kier alpha value is -2.23. The summed E-state index contributed by atoms with van der Waals surface area (Å²) >= 11 is 0. The minimum atomic E-state index is -3.70. The molecule has 3 rings (SSSR count). The number of carbonyl (C=O) groups excluding carboxylic acids is 1. The second kappa shape index (κ2) is 12.0. The predicted octanol–water partition coefficient (Wildman–Crippen LogP) is 3.19. The fraction of sp³-hybridized carbons (Fsp3) is 0.600. The Balaban J connectivity index is 1.76. The van der Waals surface area contributed by atoms with Gasteiger partial charge < -0.3 is 15.2 Å². The highest BCUT2D eigenvalue weighted by Gasteiger charge is 2.24. The summed E-state index contributed by atoms with van der Waals surface area (Å²) in [5.41, 5.74) is 0.240. The van der Waals surface area contributed by atoms with Crippen LogP contribution in [0.2, 0.25) is 0 Å². The van der Waals surface area contributed by atoms with Gasteiger partial charge in [0.1, 0.15) is 0 Å². The van der Waals surface area contributed by atoms with Gasteiger partial charge in [0.2, 0.25) is 15.6 Å². The number of amides is 1. The van der Waals surface area contributed by atoms with Gasteiger partial charge in [-0.05, 0) is 69.4 Å². The zero-order valence-corrected chi connectivity index (χ0v) is 21.4. The number of hydrogen-bond acceptors (Lipinski definition) is 5. The van der Waals surface area contributed by atoms with E-state index in [9.17, 15) is 18.0 Å². The van der Waals surface area contributed by atoms with Gasteiger partial charge in [-0.3, -0.25) is 9.59 Å². The van der Waals surface area contributed by atoms with Gasteiger partial charge in [-0.25, -0.2) is 8.42 Å². The Kier molecular flexibility index (Phi) is 9.27. The number of rotatable bonds is 11. The monoisotopic (exact) mass is 490 g/mol. The number of pyridine rings is 1. The fourth-order valence-electron chi connectivity index (χ4n) is 4.40. The quantitative estimate of drug-likeness (QED) is 0.471. The van der Waals surface area contributed by atoms with Crippen molar-refractivity contribution in [2.24, 2.45) is 5.92 Å². The number of likely N-dealkylation sites (tertiary alicyclic amines) is 1. The molecule has 0 saturated carbocycles. The van der Waals surface area contributed by atoms with Crippen molar-refractivity contribution in [3.63, 3.8) is 0 Å². The van der Waals surface area contributed by atoms with Crippen LogP contribution in [0.1, 0.15) is 63.2 Å². The van der Waals surface area contributed by atoms with Crippen molar-refractivity contribution in [3.05, 3.63) is 40.2 Å². The van der Waals surface area contributed by atoms with Gasteiger partial charge in [-0.1, -0.05) is 27.2 Å². The number of sulfonamides is 1. The molecule has 9 heteroatoms. The van der Waals surface area contributed by atoms with Crippen molar-refractivity contribution in [1.29, 1.82) is 0 Å². The van der Waals surface area contributed by atoms with E-state index in [-0.39, 0.29) is 16.4 Å². The van der Waals surface area contributed by atoms with Crippen LogP contribution in [-0.2, 0) is 10.0 Å². The van der Waals surface area contributed by atoms with Crippen LogP contribution in [-0.4, -0.2) is 67.8 Å². The van der Waals surface area contributed by atoms with Gasteiger partial charge in [0, 0.05) is 36.6 Å². The SMILES string of the molecule is CCCCN(CC)S(=O)(=O)c1ccc2[nH]c(=O)cc(C(=O)NCCCN3CCC(C)CC3)c2c1. The Morgan fingerprint density at radius 3 is 2.59 bits per heavy atom. The minimum Gasteiger partial charge on any atom is -0.352 e. The second-order valence-corrected chi connectivity index (χ2v) is 11.2. The zero-order valence-electron chi connectivity index (χ0n) is 20.6. The van der Waals surface area contributed by atoms with E-state index < -0.39 is 15.6 Å². The van der Waals surface area contributed by atoms with Crippen molar-refractivity contribution in [1.82, 2.24) is 19.5 Å². The van der Waals surface area contributed by atoms with Gasteiger partial charge in [0.15, 0.2) is 0 Å². The van der Waals surface area contributed by atoms with Crippen molar-refractivity contribution in [2.45, 2.75) is 57.8 Å². The molecule has 0 bridgehead atoms. The third kappa shape index (κ3) is 6.46. The Labute approximate surface area is 202 Å². The van der Waals surface area contributed by atoms with E-state index in [1.165, 1.54) is 35.3 Å². The molecule has 1 aromatic carbocycles. The number of nitrogens with one attached hydrogen (secondary N) is 2. The second-order valence-electron chi connectivity index (χ2n) is 9.24. The summed E-state index contributed by atoms with van der Waals surface area (Å²) in [6.45, 7) is 10.5. The molecule has 0 spiro atoms. The highest BCUT2D eigenvalue weighted by atomic mass is 32.2. The van der Waals surface area contributed by atoms with E-state index in [2.05, 4.69) is 22.1 Å². The average molecular weight is 491 g/mol. The Morgan fingerprint density at radius 1 is 1.18 bits per heavy atom. The van der Waals surface area contributed by atoms with Crippen LogP contribution < -0.4 is 10.9 Å². The van der Waals surface area contributed by atoms with Crippen molar-refractivity contribution >= 4 is 26.8 Å². The number of H-pyrrole nitrogens is 1. The molecule has 1 saturated heterocycles. The summed E-state index contributed by atoms with van der Waals surface area (Å²) in [4.78, 5) is 30.4. The summed E-state index contributed by atoms with van der Waals surface area (Å²) in [6.07, 6.45) is 4.92. The van der Waals surface area contributed by atoms with Crippen LogP contribution in [0.25, 0.3) is 10.9 Å². The number of aromatic amines is 1. The maximum atomic E-state index is 13.2. The van der Waals surface area contributed by atoms with Crippen LogP contribution in [0.15, 0.2) is 34.0 Å². The molecule has 0 atom stereocenters. The fourth-order valence-corrected chi connectivity index (χ4v) is 5.91. The molecule has 2 N–H and O–H groups in total. The van der Waals surface area contributed by atoms with Crippen molar-refractivity contribution in [2.75, 3.05) is 39.3 Å². The van der Waals surface area contributed by atoms with Gasteiger partial charge in [0.05, 0.1) is 10.5 Å². The lowest BCUT2D eigenvalue weighted by Crippen LogP contribution is -2.35. The molecular formula is C25H38N4O4S. The number of hydrogen-bond donors (Lipinski definition) is 2. The number of benzene rings is 1. The van der Waals surface area contributed by atoms with Crippen LogP contribution in [0.3, 0.4) is 0 Å². The minimum absolute atomic E-state index is 0.123. The van der Waals surface area contributed by atoms with E-state index in [0.717, 1.165) is 44.8 Å². The lowest BCUT2D eigenvalue weighted by molar-refractivity contribution is 0.0952. The normalized spacial score (nSPS) is 15.8. The van der Waals surface area contributed by atoms with E-state index in [1.807, 2.05) is 13.8 Å². The van der Waals surface area contributed by atoms with Crippen molar-refractivity contribution < 1.29 is 13.2 Å². The van der Waals surface area contributed by atoms with E-state index in [0.29, 0.717) is 30.5 Å². The molecule has 0 radical (unpaired) electrons. The standard InChI is InChI=1S/C25H38N4O4S/c1-4-6-14-29(5-2)34(32,33)20-8-9-23-21(17-20)22(18-24(30)27-23)25(31)26-12-7-13-28-15-10-19(3)11-16-28/h8-9,17-19H,4-7,10-16H2,1-3H3,(H,26,31)(H,27,30). The first-order chi connectivity index (χ1) is 16.3. The van der Waals surface area contributed by atoms with Crippen LogP contribution in [0, 0.1) is 5.92 Å². The number of nitrogens with zero attached hydrogens (tertiary/aromatic N) is 2. The zero-order chi connectivity index (χ0) is 24.7. The number of aromatic nitrogens is 1. The van der Waals surface area contributed by atoms with Crippen LogP contribution >= 0.6 is 0 Å². The molecular weight excluding hydrogens is 452 g/mol. The highest BCUT2D eigenvalue weighted by molar-refractivity contribution is 7.89. The number of fused-ring (bicyclic) bond motifs is 1. The topological polar surface area (TPSA) is 103 Å². The van der Waals surface area contributed by atoms with Crippen LogP contribution in [0.5, 0.6) is 0 Å². The smallest absolute Gasteiger partial charge is 0.252 e. The lowest BCUT2D eigenvalue weighted by atomic mass is 9.99. The Bertz CT molecular complexity index is 1140. The Morgan fingerprint density at radius 2 is 1.91 bits per heavy atom. The van der Waals surface area contributed by atoms with E-state index in [4.69, 9.17) is 0 Å².